The Balaban J connectivity index is 1.74. The monoisotopic (exact) mass is 365 g/mol. The van der Waals surface area contributed by atoms with E-state index in [1.165, 1.54) is 23.6 Å². The lowest BCUT2D eigenvalue weighted by molar-refractivity contribution is -0.119. The van der Waals surface area contributed by atoms with Crippen LogP contribution in [0.5, 0.6) is 5.75 Å². The highest BCUT2D eigenvalue weighted by Gasteiger charge is 2.14. The molecular weight excluding hydrogens is 338 g/mol. The minimum Gasteiger partial charge on any atom is -0.494 e. The van der Waals surface area contributed by atoms with E-state index in [1.807, 2.05) is 32.0 Å². The first-order valence-corrected chi connectivity index (χ1v) is 9.48. The first-order valence-electron chi connectivity index (χ1n) is 9.48. The number of carbonyl (C=O) groups is 1. The van der Waals surface area contributed by atoms with Crippen LogP contribution in [-0.4, -0.2) is 12.5 Å². The maximum atomic E-state index is 11.3. The zero-order valence-electron chi connectivity index (χ0n) is 16.5. The molecular formula is C23H27NO3. The molecule has 0 aliphatic rings. The standard InChI is InChI=1S/C23H27NO3/c1-5-26-20-10-8-18(9-11-20)6-7-19-12-15(2)21-14-22(27-23(21)13-19)16(3)24-17(4)25/h8-14,16H,5-7H2,1-4H3,(H,24,25). The lowest BCUT2D eigenvalue weighted by atomic mass is 10.0. The Morgan fingerprint density at radius 2 is 1.81 bits per heavy atom. The molecule has 0 saturated carbocycles. The van der Waals surface area contributed by atoms with Crippen LogP contribution in [0.25, 0.3) is 11.0 Å². The molecule has 1 atom stereocenters. The Bertz CT molecular complexity index is 925. The van der Waals surface area contributed by atoms with Crippen LogP contribution in [0.2, 0.25) is 0 Å². The maximum Gasteiger partial charge on any atom is 0.217 e. The Morgan fingerprint density at radius 1 is 1.11 bits per heavy atom. The van der Waals surface area contributed by atoms with E-state index in [0.717, 1.165) is 35.3 Å². The molecule has 1 N–H and O–H groups in total. The van der Waals surface area contributed by atoms with Crippen molar-refractivity contribution < 1.29 is 13.9 Å². The summed E-state index contributed by atoms with van der Waals surface area (Å²) in [5.74, 6) is 1.64. The molecule has 3 aromatic rings. The van der Waals surface area contributed by atoms with Crippen LogP contribution in [0.1, 0.15) is 49.3 Å². The van der Waals surface area contributed by atoms with Crippen LogP contribution in [0.4, 0.5) is 0 Å². The van der Waals surface area contributed by atoms with E-state index in [-0.39, 0.29) is 11.9 Å². The number of benzene rings is 2. The number of hydrogen-bond donors (Lipinski definition) is 1. The van der Waals surface area contributed by atoms with E-state index in [2.05, 4.69) is 36.5 Å². The van der Waals surface area contributed by atoms with Gasteiger partial charge in [0.25, 0.3) is 0 Å². The van der Waals surface area contributed by atoms with Gasteiger partial charge < -0.3 is 14.5 Å². The van der Waals surface area contributed by atoms with Crippen molar-refractivity contribution >= 4 is 16.9 Å². The summed E-state index contributed by atoms with van der Waals surface area (Å²) in [4.78, 5) is 11.3. The summed E-state index contributed by atoms with van der Waals surface area (Å²) in [6, 6.07) is 14.5. The summed E-state index contributed by atoms with van der Waals surface area (Å²) in [5, 5.41) is 3.98. The number of hydrogen-bond acceptors (Lipinski definition) is 3. The Kier molecular flexibility index (Phi) is 5.84. The molecule has 4 nitrogen and oxygen atoms in total. The van der Waals surface area contributed by atoms with Crippen LogP contribution < -0.4 is 10.1 Å². The van der Waals surface area contributed by atoms with Gasteiger partial charge in [0, 0.05) is 12.3 Å². The fourth-order valence-corrected chi connectivity index (χ4v) is 3.35. The van der Waals surface area contributed by atoms with E-state index in [0.29, 0.717) is 6.61 Å². The van der Waals surface area contributed by atoms with Gasteiger partial charge in [0.15, 0.2) is 0 Å². The van der Waals surface area contributed by atoms with Gasteiger partial charge in [-0.05, 0) is 74.6 Å². The molecule has 2 aromatic carbocycles. The average molecular weight is 365 g/mol. The number of furan rings is 1. The minimum absolute atomic E-state index is 0.0595. The van der Waals surface area contributed by atoms with Crippen molar-refractivity contribution in [1.82, 2.24) is 5.32 Å². The third-order valence-electron chi connectivity index (χ3n) is 4.71. The number of rotatable bonds is 7. The molecule has 0 radical (unpaired) electrons. The predicted molar refractivity (Wildman–Crippen MR) is 108 cm³/mol. The Labute approximate surface area is 160 Å². The molecule has 1 heterocycles. The van der Waals surface area contributed by atoms with E-state index >= 15 is 0 Å². The van der Waals surface area contributed by atoms with E-state index in [4.69, 9.17) is 9.15 Å². The van der Waals surface area contributed by atoms with Crippen LogP contribution in [0.3, 0.4) is 0 Å². The first-order chi connectivity index (χ1) is 13.0. The third kappa shape index (κ3) is 4.70. The van der Waals surface area contributed by atoms with E-state index < -0.39 is 0 Å². The second-order valence-electron chi connectivity index (χ2n) is 6.97. The SMILES string of the molecule is CCOc1ccc(CCc2cc(C)c3cc(C(C)NC(C)=O)oc3c2)cc1. The van der Waals surface area contributed by atoms with Gasteiger partial charge in [-0.1, -0.05) is 18.2 Å². The number of nitrogens with one attached hydrogen (secondary N) is 1. The lowest BCUT2D eigenvalue weighted by Gasteiger charge is -2.08. The van der Waals surface area contributed by atoms with Crippen LogP contribution in [-0.2, 0) is 17.6 Å². The lowest BCUT2D eigenvalue weighted by Crippen LogP contribution is -2.23. The van der Waals surface area contributed by atoms with Gasteiger partial charge >= 0.3 is 0 Å². The van der Waals surface area contributed by atoms with Crippen molar-refractivity contribution in [2.24, 2.45) is 0 Å². The van der Waals surface area contributed by atoms with Crippen molar-refractivity contribution in [1.29, 1.82) is 0 Å². The van der Waals surface area contributed by atoms with Crippen molar-refractivity contribution in [3.63, 3.8) is 0 Å². The average Bonchev–Trinajstić information content (AvgIpc) is 3.06. The van der Waals surface area contributed by atoms with Gasteiger partial charge in [-0.2, -0.15) is 0 Å². The molecule has 142 valence electrons. The highest BCUT2D eigenvalue weighted by molar-refractivity contribution is 5.82. The van der Waals surface area contributed by atoms with Crippen LogP contribution >= 0.6 is 0 Å². The third-order valence-corrected chi connectivity index (χ3v) is 4.71. The molecule has 1 unspecified atom stereocenters. The predicted octanol–water partition coefficient (Wildman–Crippen LogP) is 5.12. The minimum atomic E-state index is -0.137. The largest absolute Gasteiger partial charge is 0.494 e. The molecule has 0 spiro atoms. The molecule has 0 aliphatic heterocycles. The van der Waals surface area contributed by atoms with Gasteiger partial charge in [0.05, 0.1) is 12.6 Å². The van der Waals surface area contributed by atoms with Gasteiger partial charge in [0.2, 0.25) is 5.91 Å². The highest BCUT2D eigenvalue weighted by atomic mass is 16.5. The Morgan fingerprint density at radius 3 is 2.48 bits per heavy atom. The molecule has 3 rings (SSSR count). The molecule has 0 saturated heterocycles. The quantitative estimate of drug-likeness (QED) is 0.632. The summed E-state index contributed by atoms with van der Waals surface area (Å²) in [6.07, 6.45) is 1.91. The highest BCUT2D eigenvalue weighted by Crippen LogP contribution is 2.28. The van der Waals surface area contributed by atoms with E-state index in [9.17, 15) is 4.79 Å². The maximum absolute atomic E-state index is 11.3. The van der Waals surface area contributed by atoms with E-state index in [1.54, 1.807) is 0 Å². The molecule has 0 fully saturated rings. The summed E-state index contributed by atoms with van der Waals surface area (Å²) in [7, 11) is 0. The molecule has 4 heteroatoms. The van der Waals surface area contributed by atoms with Crippen LogP contribution in [0.15, 0.2) is 46.9 Å². The molecule has 27 heavy (non-hydrogen) atoms. The summed E-state index contributed by atoms with van der Waals surface area (Å²) < 4.78 is 11.5. The van der Waals surface area contributed by atoms with Gasteiger partial charge in [-0.15, -0.1) is 0 Å². The smallest absolute Gasteiger partial charge is 0.217 e. The zero-order valence-corrected chi connectivity index (χ0v) is 16.5. The second kappa shape index (κ2) is 8.30. The normalized spacial score (nSPS) is 12.1. The summed E-state index contributed by atoms with van der Waals surface area (Å²) in [5.41, 5.74) is 4.61. The van der Waals surface area contributed by atoms with Crippen molar-refractivity contribution in [3.05, 3.63) is 64.9 Å². The van der Waals surface area contributed by atoms with Crippen molar-refractivity contribution in [2.75, 3.05) is 6.61 Å². The van der Waals surface area contributed by atoms with Gasteiger partial charge in [0.1, 0.15) is 17.1 Å². The van der Waals surface area contributed by atoms with Crippen molar-refractivity contribution in [3.8, 4) is 5.75 Å². The molecule has 1 amide bonds. The van der Waals surface area contributed by atoms with Crippen LogP contribution in [0, 0.1) is 6.92 Å². The van der Waals surface area contributed by atoms with Crippen molar-refractivity contribution in [2.45, 2.75) is 46.6 Å². The second-order valence-corrected chi connectivity index (χ2v) is 6.97. The van der Waals surface area contributed by atoms with Gasteiger partial charge in [-0.3, -0.25) is 4.79 Å². The number of carbonyl (C=O) groups excluding carboxylic acids is 1. The summed E-state index contributed by atoms with van der Waals surface area (Å²) in [6.45, 7) is 8.23. The molecule has 1 aromatic heterocycles. The first kappa shape index (κ1) is 19.0. The number of amides is 1. The fourth-order valence-electron chi connectivity index (χ4n) is 3.35. The molecule has 0 bridgehead atoms. The topological polar surface area (TPSA) is 51.5 Å². The Hall–Kier alpha value is -2.75. The number of aryl methyl sites for hydroxylation is 3. The number of ether oxygens (including phenoxy) is 1. The number of fused-ring (bicyclic) bond motifs is 1. The summed E-state index contributed by atoms with van der Waals surface area (Å²) >= 11 is 0. The van der Waals surface area contributed by atoms with Gasteiger partial charge in [-0.25, -0.2) is 0 Å². The fraction of sp³-hybridized carbons (Fsp3) is 0.348. The molecule has 0 aliphatic carbocycles. The zero-order chi connectivity index (χ0) is 19.4.